The first kappa shape index (κ1) is 13.9. The van der Waals surface area contributed by atoms with Gasteiger partial charge in [-0.25, -0.2) is 4.79 Å². The molecule has 17 heavy (non-hydrogen) atoms. The van der Waals surface area contributed by atoms with Crippen LogP contribution in [0.1, 0.15) is 19.8 Å². The topological polar surface area (TPSA) is 76.7 Å². The molecule has 1 rings (SSSR count). The van der Waals surface area contributed by atoms with Crippen LogP contribution in [0.4, 0.5) is 0 Å². The Bertz CT molecular complexity index is 264. The van der Waals surface area contributed by atoms with Gasteiger partial charge in [0.1, 0.15) is 6.04 Å². The van der Waals surface area contributed by atoms with E-state index in [1.54, 1.807) is 0 Å². The number of hydrogen-bond acceptors (Lipinski definition) is 5. The minimum atomic E-state index is -0.566. The Morgan fingerprint density at radius 2 is 2.35 bits per heavy atom. The van der Waals surface area contributed by atoms with E-state index < -0.39 is 12.0 Å². The van der Waals surface area contributed by atoms with Crippen molar-refractivity contribution in [3.05, 3.63) is 0 Å². The molecule has 1 aliphatic heterocycles. The summed E-state index contributed by atoms with van der Waals surface area (Å²) in [6, 6.07) is -0.566. The molecule has 1 heterocycles. The normalized spacial score (nSPS) is 21.6. The minimum Gasteiger partial charge on any atom is -0.467 e. The molecule has 0 aliphatic carbocycles. The second kappa shape index (κ2) is 7.24. The van der Waals surface area contributed by atoms with Gasteiger partial charge in [0, 0.05) is 13.1 Å². The number of nitrogens with one attached hydrogen (secondary N) is 2. The van der Waals surface area contributed by atoms with E-state index in [1.165, 1.54) is 7.11 Å². The summed E-state index contributed by atoms with van der Waals surface area (Å²) in [5.41, 5.74) is 0. The van der Waals surface area contributed by atoms with Crippen LogP contribution in [-0.4, -0.2) is 50.8 Å². The Morgan fingerprint density at radius 3 is 2.88 bits per heavy atom. The molecule has 2 atom stereocenters. The van der Waals surface area contributed by atoms with Crippen molar-refractivity contribution in [1.82, 2.24) is 10.6 Å². The molecular formula is C11H20N2O4. The zero-order chi connectivity index (χ0) is 12.7. The molecule has 2 N–H and O–H groups in total. The molecule has 1 amide bonds. The lowest BCUT2D eigenvalue weighted by Gasteiger charge is -2.23. The number of amides is 1. The van der Waals surface area contributed by atoms with Gasteiger partial charge in [-0.3, -0.25) is 4.79 Å². The van der Waals surface area contributed by atoms with Crippen LogP contribution in [0, 0.1) is 0 Å². The van der Waals surface area contributed by atoms with Crippen LogP contribution in [-0.2, 0) is 19.1 Å². The predicted octanol–water partition coefficient (Wildman–Crippen LogP) is -0.567. The van der Waals surface area contributed by atoms with E-state index >= 15 is 0 Å². The fraction of sp³-hybridized carbons (Fsp3) is 0.818. The summed E-state index contributed by atoms with van der Waals surface area (Å²) >= 11 is 0. The van der Waals surface area contributed by atoms with Crippen LogP contribution in [0.3, 0.4) is 0 Å². The number of rotatable bonds is 5. The van der Waals surface area contributed by atoms with Gasteiger partial charge in [0.15, 0.2) is 0 Å². The number of ether oxygens (including phenoxy) is 2. The van der Waals surface area contributed by atoms with Crippen molar-refractivity contribution in [3.63, 3.8) is 0 Å². The molecule has 1 aliphatic rings. The second-order valence-electron chi connectivity index (χ2n) is 3.95. The van der Waals surface area contributed by atoms with Crippen LogP contribution in [0.25, 0.3) is 0 Å². The van der Waals surface area contributed by atoms with Crippen molar-refractivity contribution in [2.75, 3.05) is 26.8 Å². The maximum Gasteiger partial charge on any atom is 0.328 e. The van der Waals surface area contributed by atoms with Crippen molar-refractivity contribution in [2.45, 2.75) is 31.9 Å². The smallest absolute Gasteiger partial charge is 0.328 e. The second-order valence-corrected chi connectivity index (χ2v) is 3.95. The van der Waals surface area contributed by atoms with Gasteiger partial charge in [0.25, 0.3) is 0 Å². The first-order valence-electron chi connectivity index (χ1n) is 5.86. The van der Waals surface area contributed by atoms with Crippen LogP contribution in [0.15, 0.2) is 0 Å². The van der Waals surface area contributed by atoms with Crippen LogP contribution in [0.5, 0.6) is 0 Å². The fourth-order valence-corrected chi connectivity index (χ4v) is 1.68. The number of esters is 1. The molecule has 0 radical (unpaired) electrons. The Kier molecular flexibility index (Phi) is 5.93. The average Bonchev–Trinajstić information content (AvgIpc) is 2.36. The van der Waals surface area contributed by atoms with Crippen LogP contribution in [0.2, 0.25) is 0 Å². The van der Waals surface area contributed by atoms with E-state index in [-0.39, 0.29) is 18.4 Å². The molecule has 2 unspecified atom stereocenters. The molecule has 0 bridgehead atoms. The third-order valence-electron chi connectivity index (χ3n) is 2.65. The highest BCUT2D eigenvalue weighted by molar-refractivity contribution is 5.84. The molecule has 6 heteroatoms. The van der Waals surface area contributed by atoms with Crippen molar-refractivity contribution >= 4 is 11.9 Å². The molecule has 98 valence electrons. The standard InChI is InChI=1S/C11H20N2O4/c1-3-9(11(15)16-2)13-10(14)6-8-7-12-4-5-17-8/h8-9,12H,3-7H2,1-2H3,(H,13,14). The summed E-state index contributed by atoms with van der Waals surface area (Å²) in [4.78, 5) is 23.0. The zero-order valence-corrected chi connectivity index (χ0v) is 10.3. The van der Waals surface area contributed by atoms with Gasteiger partial charge < -0.3 is 20.1 Å². The predicted molar refractivity (Wildman–Crippen MR) is 61.5 cm³/mol. The Morgan fingerprint density at radius 1 is 1.59 bits per heavy atom. The van der Waals surface area contributed by atoms with Gasteiger partial charge in [-0.05, 0) is 6.42 Å². The van der Waals surface area contributed by atoms with Gasteiger partial charge >= 0.3 is 5.97 Å². The molecule has 0 spiro atoms. The van der Waals surface area contributed by atoms with E-state index in [2.05, 4.69) is 15.4 Å². The van der Waals surface area contributed by atoms with Gasteiger partial charge in [-0.2, -0.15) is 0 Å². The molecule has 6 nitrogen and oxygen atoms in total. The summed E-state index contributed by atoms with van der Waals surface area (Å²) in [5, 5.41) is 5.79. The summed E-state index contributed by atoms with van der Waals surface area (Å²) in [7, 11) is 1.31. The highest BCUT2D eigenvalue weighted by Crippen LogP contribution is 2.02. The van der Waals surface area contributed by atoms with E-state index in [4.69, 9.17) is 4.74 Å². The van der Waals surface area contributed by atoms with Crippen molar-refractivity contribution in [2.24, 2.45) is 0 Å². The van der Waals surface area contributed by atoms with Gasteiger partial charge in [-0.1, -0.05) is 6.92 Å². The third kappa shape index (κ3) is 4.70. The summed E-state index contributed by atoms with van der Waals surface area (Å²) in [5.74, 6) is -0.598. The lowest BCUT2D eigenvalue weighted by atomic mass is 10.2. The maximum atomic E-state index is 11.7. The molecule has 1 fully saturated rings. The van der Waals surface area contributed by atoms with Gasteiger partial charge in [0.05, 0.1) is 26.2 Å². The monoisotopic (exact) mass is 244 g/mol. The fourth-order valence-electron chi connectivity index (χ4n) is 1.68. The first-order chi connectivity index (χ1) is 8.17. The first-order valence-corrected chi connectivity index (χ1v) is 5.86. The van der Waals surface area contributed by atoms with Crippen molar-refractivity contribution in [3.8, 4) is 0 Å². The molecule has 1 saturated heterocycles. The lowest BCUT2D eigenvalue weighted by molar-refractivity contribution is -0.145. The largest absolute Gasteiger partial charge is 0.467 e. The Balaban J connectivity index is 2.33. The summed E-state index contributed by atoms with van der Waals surface area (Å²) in [6.07, 6.45) is 0.668. The van der Waals surface area contributed by atoms with Crippen molar-refractivity contribution < 1.29 is 19.1 Å². The van der Waals surface area contributed by atoms with E-state index in [0.29, 0.717) is 19.6 Å². The van der Waals surface area contributed by atoms with E-state index in [0.717, 1.165) is 6.54 Å². The number of carbonyl (C=O) groups is 2. The molecule has 0 aromatic heterocycles. The van der Waals surface area contributed by atoms with Crippen LogP contribution >= 0.6 is 0 Å². The van der Waals surface area contributed by atoms with E-state index in [1.807, 2.05) is 6.92 Å². The highest BCUT2D eigenvalue weighted by atomic mass is 16.5. The zero-order valence-electron chi connectivity index (χ0n) is 10.3. The lowest BCUT2D eigenvalue weighted by Crippen LogP contribution is -2.45. The molecule has 0 saturated carbocycles. The maximum absolute atomic E-state index is 11.7. The van der Waals surface area contributed by atoms with Crippen molar-refractivity contribution in [1.29, 1.82) is 0 Å². The van der Waals surface area contributed by atoms with E-state index in [9.17, 15) is 9.59 Å². The number of methoxy groups -OCH3 is 1. The van der Waals surface area contributed by atoms with Gasteiger partial charge in [0.2, 0.25) is 5.91 Å². The number of morpholine rings is 1. The molecular weight excluding hydrogens is 224 g/mol. The highest BCUT2D eigenvalue weighted by Gasteiger charge is 2.22. The Labute approximate surface area is 101 Å². The summed E-state index contributed by atoms with van der Waals surface area (Å²) in [6.45, 7) is 3.92. The van der Waals surface area contributed by atoms with Crippen LogP contribution < -0.4 is 10.6 Å². The molecule has 0 aromatic carbocycles. The quantitative estimate of drug-likeness (QED) is 0.634. The van der Waals surface area contributed by atoms with Gasteiger partial charge in [-0.15, -0.1) is 0 Å². The number of carbonyl (C=O) groups excluding carboxylic acids is 2. The molecule has 0 aromatic rings. The summed E-state index contributed by atoms with van der Waals surface area (Å²) < 4.78 is 10.0. The SMILES string of the molecule is CCC(NC(=O)CC1CNCCO1)C(=O)OC. The third-order valence-corrected chi connectivity index (χ3v) is 2.65. The minimum absolute atomic E-state index is 0.112. The number of hydrogen-bond donors (Lipinski definition) is 2. The Hall–Kier alpha value is -1.14. The average molecular weight is 244 g/mol.